The summed E-state index contributed by atoms with van der Waals surface area (Å²) in [5, 5.41) is 8.65. The Morgan fingerprint density at radius 1 is 1.71 bits per heavy atom. The van der Waals surface area contributed by atoms with Crippen molar-refractivity contribution in [1.82, 2.24) is 0 Å². The largest absolute Gasteiger partial charge is 0.380 e. The van der Waals surface area contributed by atoms with Crippen LogP contribution in [-0.2, 0) is 9.84 Å². The second-order valence-corrected chi connectivity index (χ2v) is 2.88. The van der Waals surface area contributed by atoms with Crippen LogP contribution in [0.5, 0.6) is 0 Å². The second-order valence-electron chi connectivity index (χ2n) is 0.959. The smallest absolute Gasteiger partial charge is 0.194 e. The molecule has 0 aromatic rings. The summed E-state index contributed by atoms with van der Waals surface area (Å²) in [6.07, 6.45) is 0. The van der Waals surface area contributed by atoms with Gasteiger partial charge >= 0.3 is 0 Å². The molecule has 0 bridgehead atoms. The van der Waals surface area contributed by atoms with E-state index in [1.54, 1.807) is 0 Å². The number of hydrogen-bond acceptors (Lipinski definition) is 3. The summed E-state index contributed by atoms with van der Waals surface area (Å²) in [5.41, 5.74) is 0. The lowest BCUT2D eigenvalue weighted by Gasteiger charge is -1.83. The molecule has 3 nitrogen and oxygen atoms in total. The molecule has 0 atom stereocenters. The predicted molar refractivity (Wildman–Crippen MR) is 26.2 cm³/mol. The molecule has 0 aromatic carbocycles. The fourth-order valence-corrected chi connectivity index (χ4v) is 0.158. The molecule has 7 heavy (non-hydrogen) atoms. The monoisotopic (exact) mass is 122 g/mol. The van der Waals surface area contributed by atoms with Crippen molar-refractivity contribution < 1.29 is 13.5 Å². The third-order valence-electron chi connectivity index (χ3n) is 0.434. The van der Waals surface area contributed by atoms with E-state index in [4.69, 9.17) is 5.11 Å². The molecule has 0 aliphatic rings. The van der Waals surface area contributed by atoms with Gasteiger partial charge in [0.2, 0.25) is 0 Å². The Hall–Kier alpha value is -0.350. The molecular formula is C3H6O3S. The number of rotatable bonds is 2. The Bertz CT molecular complexity index is 144. The van der Waals surface area contributed by atoms with E-state index in [-0.39, 0.29) is 0 Å². The van der Waals surface area contributed by atoms with E-state index in [1.165, 1.54) is 0 Å². The van der Waals surface area contributed by atoms with Gasteiger partial charge in [0.25, 0.3) is 0 Å². The van der Waals surface area contributed by atoms with Crippen LogP contribution >= 0.6 is 0 Å². The number of aliphatic hydroxyl groups excluding tert-OH is 1. The molecule has 0 aliphatic carbocycles. The van der Waals surface area contributed by atoms with Crippen molar-refractivity contribution in [2.75, 3.05) is 5.94 Å². The fourth-order valence-electron chi connectivity index (χ4n) is 0.0527. The quantitative estimate of drug-likeness (QED) is 0.537. The van der Waals surface area contributed by atoms with Crippen molar-refractivity contribution in [3.05, 3.63) is 12.0 Å². The van der Waals surface area contributed by atoms with Gasteiger partial charge in [0.05, 0.1) is 0 Å². The SMILES string of the molecule is C=CS(=O)(=O)CO. The molecule has 0 saturated heterocycles. The summed E-state index contributed by atoms with van der Waals surface area (Å²) in [4.78, 5) is 0. The zero-order valence-electron chi connectivity index (χ0n) is 3.66. The Balaban J connectivity index is 4.17. The maximum Gasteiger partial charge on any atom is 0.194 e. The van der Waals surface area contributed by atoms with Gasteiger partial charge in [-0.05, 0) is 0 Å². The summed E-state index contributed by atoms with van der Waals surface area (Å²) < 4.78 is 20.0. The third-order valence-corrected chi connectivity index (χ3v) is 1.30. The predicted octanol–water partition coefficient (Wildman–Crippen LogP) is -0.506. The minimum Gasteiger partial charge on any atom is -0.380 e. The first-order valence-electron chi connectivity index (χ1n) is 1.58. The van der Waals surface area contributed by atoms with E-state index in [2.05, 4.69) is 6.58 Å². The maximum absolute atomic E-state index is 10.0. The summed E-state index contributed by atoms with van der Waals surface area (Å²) >= 11 is 0. The molecule has 0 aromatic heterocycles. The van der Waals surface area contributed by atoms with Gasteiger partial charge in [0, 0.05) is 5.41 Å². The molecule has 0 fully saturated rings. The molecule has 1 N–H and O–H groups in total. The summed E-state index contributed by atoms with van der Waals surface area (Å²) in [6, 6.07) is 0. The van der Waals surface area contributed by atoms with Crippen LogP contribution in [0, 0.1) is 0 Å². The molecule has 0 amide bonds. The molecular weight excluding hydrogens is 116 g/mol. The second kappa shape index (κ2) is 2.09. The van der Waals surface area contributed by atoms with Gasteiger partial charge in [-0.15, -0.1) is 0 Å². The van der Waals surface area contributed by atoms with Gasteiger partial charge < -0.3 is 5.11 Å². The highest BCUT2D eigenvalue weighted by atomic mass is 32.2. The van der Waals surface area contributed by atoms with Gasteiger partial charge in [0.1, 0.15) is 5.94 Å². The van der Waals surface area contributed by atoms with E-state index >= 15 is 0 Å². The molecule has 0 radical (unpaired) electrons. The van der Waals surface area contributed by atoms with E-state index in [9.17, 15) is 8.42 Å². The Kier molecular flexibility index (Phi) is 1.98. The van der Waals surface area contributed by atoms with Gasteiger partial charge in [-0.3, -0.25) is 0 Å². The lowest BCUT2D eigenvalue weighted by Crippen LogP contribution is -1.98. The minimum atomic E-state index is -3.34. The third kappa shape index (κ3) is 2.36. The average molecular weight is 122 g/mol. The van der Waals surface area contributed by atoms with Crippen molar-refractivity contribution in [2.45, 2.75) is 0 Å². The highest BCUT2D eigenvalue weighted by Crippen LogP contribution is 1.83. The molecule has 0 saturated carbocycles. The molecule has 0 spiro atoms. The molecule has 0 unspecified atom stereocenters. The summed E-state index contributed by atoms with van der Waals surface area (Å²) in [5.74, 6) is -0.851. The molecule has 0 aliphatic heterocycles. The van der Waals surface area contributed by atoms with E-state index in [1.807, 2.05) is 0 Å². The molecule has 0 heterocycles. The Morgan fingerprint density at radius 3 is 2.14 bits per heavy atom. The van der Waals surface area contributed by atoms with Crippen LogP contribution in [-0.4, -0.2) is 19.5 Å². The van der Waals surface area contributed by atoms with Gasteiger partial charge in [-0.2, -0.15) is 0 Å². The van der Waals surface area contributed by atoms with Crippen LogP contribution in [0.15, 0.2) is 12.0 Å². The Labute approximate surface area is 42.2 Å². The van der Waals surface area contributed by atoms with Crippen molar-refractivity contribution in [3.63, 3.8) is 0 Å². The maximum atomic E-state index is 10.0. The zero-order chi connectivity index (χ0) is 5.91. The van der Waals surface area contributed by atoms with Crippen LogP contribution in [0.1, 0.15) is 0 Å². The topological polar surface area (TPSA) is 54.4 Å². The first-order chi connectivity index (χ1) is 3.12. The lowest BCUT2D eigenvalue weighted by molar-refractivity contribution is 0.360. The number of sulfone groups is 1. The van der Waals surface area contributed by atoms with E-state index < -0.39 is 15.8 Å². The number of aliphatic hydroxyl groups is 1. The number of hydrogen-bond donors (Lipinski definition) is 1. The van der Waals surface area contributed by atoms with Crippen molar-refractivity contribution in [2.24, 2.45) is 0 Å². The lowest BCUT2D eigenvalue weighted by atomic mass is 11.3. The zero-order valence-corrected chi connectivity index (χ0v) is 4.48. The molecule has 0 rings (SSSR count). The van der Waals surface area contributed by atoms with Crippen molar-refractivity contribution in [1.29, 1.82) is 0 Å². The first-order valence-corrected chi connectivity index (χ1v) is 3.30. The van der Waals surface area contributed by atoms with Gasteiger partial charge in [-0.1, -0.05) is 6.58 Å². The van der Waals surface area contributed by atoms with Crippen molar-refractivity contribution in [3.8, 4) is 0 Å². The normalized spacial score (nSPS) is 11.0. The minimum absolute atomic E-state index is 0.715. The van der Waals surface area contributed by atoms with E-state index in [0.29, 0.717) is 5.41 Å². The van der Waals surface area contributed by atoms with Crippen LogP contribution in [0.25, 0.3) is 0 Å². The summed E-state index contributed by atoms with van der Waals surface area (Å²) in [6.45, 7) is 2.96. The van der Waals surface area contributed by atoms with Crippen LogP contribution in [0.2, 0.25) is 0 Å². The standard InChI is InChI=1S/C3H6O3S/c1-2-7(5,6)3-4/h2,4H,1,3H2. The molecule has 4 heteroatoms. The fraction of sp³-hybridized carbons (Fsp3) is 0.333. The van der Waals surface area contributed by atoms with Gasteiger partial charge in [0.15, 0.2) is 9.84 Å². The first kappa shape index (κ1) is 6.65. The van der Waals surface area contributed by atoms with E-state index in [0.717, 1.165) is 0 Å². The molecule has 42 valence electrons. The average Bonchev–Trinajstić information content (AvgIpc) is 1.68. The van der Waals surface area contributed by atoms with Crippen LogP contribution in [0.4, 0.5) is 0 Å². The Morgan fingerprint density at radius 2 is 2.14 bits per heavy atom. The highest BCUT2D eigenvalue weighted by Gasteiger charge is 1.97. The highest BCUT2D eigenvalue weighted by molar-refractivity contribution is 7.94. The van der Waals surface area contributed by atoms with Gasteiger partial charge in [-0.25, -0.2) is 8.42 Å². The van der Waals surface area contributed by atoms with Crippen LogP contribution in [0.3, 0.4) is 0 Å². The van der Waals surface area contributed by atoms with Crippen molar-refractivity contribution >= 4 is 9.84 Å². The van der Waals surface area contributed by atoms with Crippen LogP contribution < -0.4 is 0 Å². The summed E-state index contributed by atoms with van der Waals surface area (Å²) in [7, 11) is -3.34.